The number of amides is 1. The zero-order chi connectivity index (χ0) is 20.4. The van der Waals surface area contributed by atoms with Crippen molar-refractivity contribution in [3.8, 4) is 0 Å². The fraction of sp³-hybridized carbons (Fsp3) is 0.273. The standard InChI is InChI=1S/C22H20FNO4S/c1-27-12-15-18-16(23)8-5-9-17(18)29-20(15)22(26)28-19(13-6-3-2-4-7-13)21(25)24-14-10-11-14/h2-9,14,19H,10-12H2,1H3,(H,24,25)/t19-/m1/s1. The number of esters is 1. The first-order valence-electron chi connectivity index (χ1n) is 9.33. The van der Waals surface area contributed by atoms with Gasteiger partial charge in [0.1, 0.15) is 10.7 Å². The van der Waals surface area contributed by atoms with Gasteiger partial charge in [-0.2, -0.15) is 0 Å². The van der Waals surface area contributed by atoms with Gasteiger partial charge in [0.2, 0.25) is 6.10 Å². The van der Waals surface area contributed by atoms with Crippen LogP contribution < -0.4 is 5.32 Å². The Labute approximate surface area is 171 Å². The average Bonchev–Trinajstić information content (AvgIpc) is 3.46. The van der Waals surface area contributed by atoms with E-state index in [1.807, 2.05) is 6.07 Å². The molecule has 1 amide bonds. The van der Waals surface area contributed by atoms with Crippen LogP contribution in [0, 0.1) is 5.82 Å². The van der Waals surface area contributed by atoms with Gasteiger partial charge in [-0.25, -0.2) is 9.18 Å². The van der Waals surface area contributed by atoms with E-state index in [4.69, 9.17) is 9.47 Å². The number of carbonyl (C=O) groups is 2. The molecule has 3 aromatic rings. The molecule has 0 bridgehead atoms. The molecular formula is C22H20FNO4S. The molecule has 1 fully saturated rings. The highest BCUT2D eigenvalue weighted by molar-refractivity contribution is 7.21. The predicted molar refractivity (Wildman–Crippen MR) is 108 cm³/mol. The topological polar surface area (TPSA) is 64.6 Å². The van der Waals surface area contributed by atoms with Crippen LogP contribution in [0.1, 0.15) is 39.7 Å². The van der Waals surface area contributed by atoms with Crippen molar-refractivity contribution in [3.05, 3.63) is 70.4 Å². The van der Waals surface area contributed by atoms with E-state index in [0.29, 0.717) is 21.2 Å². The van der Waals surface area contributed by atoms with Crippen molar-refractivity contribution >= 4 is 33.3 Å². The molecule has 1 saturated carbocycles. The van der Waals surface area contributed by atoms with E-state index in [9.17, 15) is 14.0 Å². The Morgan fingerprint density at radius 1 is 1.17 bits per heavy atom. The Bertz CT molecular complexity index is 1050. The minimum atomic E-state index is -1.07. The SMILES string of the molecule is COCc1c(C(=O)O[C@@H](C(=O)NC2CC2)c2ccccc2)sc2cccc(F)c12. The Hall–Kier alpha value is -2.77. The van der Waals surface area contributed by atoms with Gasteiger partial charge in [0.05, 0.1) is 6.61 Å². The lowest BCUT2D eigenvalue weighted by Crippen LogP contribution is -2.33. The molecule has 0 saturated heterocycles. The van der Waals surface area contributed by atoms with Crippen LogP contribution in [0.3, 0.4) is 0 Å². The van der Waals surface area contributed by atoms with Gasteiger partial charge in [-0.1, -0.05) is 36.4 Å². The number of nitrogens with one attached hydrogen (secondary N) is 1. The summed E-state index contributed by atoms with van der Waals surface area (Å²) in [5, 5.41) is 3.24. The van der Waals surface area contributed by atoms with Gasteiger partial charge in [-0.05, 0) is 25.0 Å². The molecule has 0 unspecified atom stereocenters. The highest BCUT2D eigenvalue weighted by atomic mass is 32.1. The Kier molecular flexibility index (Phi) is 5.60. The summed E-state index contributed by atoms with van der Waals surface area (Å²) in [5.41, 5.74) is 1.02. The fourth-order valence-electron chi connectivity index (χ4n) is 3.18. The summed E-state index contributed by atoms with van der Waals surface area (Å²) in [7, 11) is 1.48. The second-order valence-electron chi connectivity index (χ2n) is 6.93. The van der Waals surface area contributed by atoms with Crippen molar-refractivity contribution in [3.63, 3.8) is 0 Å². The monoisotopic (exact) mass is 413 g/mol. The average molecular weight is 413 g/mol. The quantitative estimate of drug-likeness (QED) is 0.585. The van der Waals surface area contributed by atoms with Gasteiger partial charge in [0, 0.05) is 34.4 Å². The zero-order valence-electron chi connectivity index (χ0n) is 15.8. The minimum absolute atomic E-state index is 0.0651. The van der Waals surface area contributed by atoms with Crippen molar-refractivity contribution in [1.29, 1.82) is 0 Å². The molecule has 0 spiro atoms. The molecule has 0 radical (unpaired) electrons. The van der Waals surface area contributed by atoms with Crippen molar-refractivity contribution < 1.29 is 23.5 Å². The molecule has 0 aliphatic heterocycles. The zero-order valence-corrected chi connectivity index (χ0v) is 16.6. The first-order chi connectivity index (χ1) is 14.1. The highest BCUT2D eigenvalue weighted by Gasteiger charge is 2.32. The minimum Gasteiger partial charge on any atom is -0.443 e. The molecule has 1 N–H and O–H groups in total. The normalized spacial score (nSPS) is 14.6. The molecule has 1 heterocycles. The van der Waals surface area contributed by atoms with Crippen LogP contribution in [0.15, 0.2) is 48.5 Å². The highest BCUT2D eigenvalue weighted by Crippen LogP contribution is 2.35. The molecule has 1 aromatic heterocycles. The lowest BCUT2D eigenvalue weighted by Gasteiger charge is -2.18. The first kappa shape index (κ1) is 19.5. The smallest absolute Gasteiger partial charge is 0.349 e. The van der Waals surface area contributed by atoms with Gasteiger partial charge in [0.15, 0.2) is 0 Å². The number of carbonyl (C=O) groups excluding carboxylic acids is 2. The van der Waals surface area contributed by atoms with Gasteiger partial charge in [0.25, 0.3) is 5.91 Å². The third kappa shape index (κ3) is 4.16. The molecule has 2 aromatic carbocycles. The third-order valence-electron chi connectivity index (χ3n) is 4.73. The van der Waals surface area contributed by atoms with E-state index in [0.717, 1.165) is 24.2 Å². The van der Waals surface area contributed by atoms with Crippen molar-refractivity contribution in [2.75, 3.05) is 7.11 Å². The first-order valence-corrected chi connectivity index (χ1v) is 10.1. The van der Waals surface area contributed by atoms with E-state index < -0.39 is 17.9 Å². The molecule has 7 heteroatoms. The van der Waals surface area contributed by atoms with E-state index in [2.05, 4.69) is 5.32 Å². The lowest BCUT2D eigenvalue weighted by atomic mass is 10.1. The molecule has 1 aliphatic carbocycles. The number of halogens is 1. The van der Waals surface area contributed by atoms with Crippen molar-refractivity contribution in [1.82, 2.24) is 5.32 Å². The van der Waals surface area contributed by atoms with Gasteiger partial charge in [-0.15, -0.1) is 11.3 Å². The number of benzene rings is 2. The molecule has 29 heavy (non-hydrogen) atoms. The number of methoxy groups -OCH3 is 1. The molecule has 1 aliphatic rings. The van der Waals surface area contributed by atoms with Crippen LogP contribution in [0.4, 0.5) is 4.39 Å². The van der Waals surface area contributed by atoms with Gasteiger partial charge >= 0.3 is 5.97 Å². The molecular weight excluding hydrogens is 393 g/mol. The molecule has 5 nitrogen and oxygen atoms in total. The summed E-state index contributed by atoms with van der Waals surface area (Å²) >= 11 is 1.14. The Balaban J connectivity index is 1.68. The van der Waals surface area contributed by atoms with E-state index >= 15 is 0 Å². The van der Waals surface area contributed by atoms with Crippen LogP contribution in [0.2, 0.25) is 0 Å². The largest absolute Gasteiger partial charge is 0.443 e. The van der Waals surface area contributed by atoms with Crippen LogP contribution in [-0.4, -0.2) is 25.0 Å². The number of thiophene rings is 1. The van der Waals surface area contributed by atoms with Crippen LogP contribution >= 0.6 is 11.3 Å². The maximum Gasteiger partial charge on any atom is 0.349 e. The molecule has 4 rings (SSSR count). The number of fused-ring (bicyclic) bond motifs is 1. The number of hydrogen-bond donors (Lipinski definition) is 1. The summed E-state index contributed by atoms with van der Waals surface area (Å²) in [6.07, 6.45) is 0.776. The van der Waals surface area contributed by atoms with E-state index in [1.54, 1.807) is 36.4 Å². The predicted octanol–water partition coefficient (Wildman–Crippen LogP) is 4.36. The van der Waals surface area contributed by atoms with Crippen molar-refractivity contribution in [2.24, 2.45) is 0 Å². The van der Waals surface area contributed by atoms with Crippen LogP contribution in [-0.2, 0) is 20.9 Å². The second kappa shape index (κ2) is 8.31. The second-order valence-corrected chi connectivity index (χ2v) is 7.99. The third-order valence-corrected chi connectivity index (χ3v) is 5.90. The van der Waals surface area contributed by atoms with Gasteiger partial charge in [-0.3, -0.25) is 4.79 Å². The molecule has 1 atom stereocenters. The Morgan fingerprint density at radius 3 is 2.62 bits per heavy atom. The summed E-state index contributed by atoms with van der Waals surface area (Å²) in [6, 6.07) is 13.7. The Morgan fingerprint density at radius 2 is 1.93 bits per heavy atom. The molecule has 150 valence electrons. The van der Waals surface area contributed by atoms with E-state index in [-0.39, 0.29) is 23.4 Å². The summed E-state index contributed by atoms with van der Waals surface area (Å²) in [6.45, 7) is 0.0651. The van der Waals surface area contributed by atoms with Crippen molar-refractivity contribution in [2.45, 2.75) is 31.6 Å². The van der Waals surface area contributed by atoms with Crippen LogP contribution in [0.25, 0.3) is 10.1 Å². The maximum absolute atomic E-state index is 14.4. The van der Waals surface area contributed by atoms with Crippen LogP contribution in [0.5, 0.6) is 0 Å². The van der Waals surface area contributed by atoms with Gasteiger partial charge < -0.3 is 14.8 Å². The number of ether oxygens (including phenoxy) is 2. The summed E-state index contributed by atoms with van der Waals surface area (Å²) in [4.78, 5) is 26.0. The van der Waals surface area contributed by atoms with E-state index in [1.165, 1.54) is 13.2 Å². The number of rotatable bonds is 7. The summed E-state index contributed by atoms with van der Waals surface area (Å²) in [5.74, 6) is -1.44. The maximum atomic E-state index is 14.4. The lowest BCUT2D eigenvalue weighted by molar-refractivity contribution is -0.130. The fourth-order valence-corrected chi connectivity index (χ4v) is 4.29. The summed E-state index contributed by atoms with van der Waals surface area (Å²) < 4.78 is 25.9. The number of hydrogen-bond acceptors (Lipinski definition) is 5.